The third kappa shape index (κ3) is 4.87. The van der Waals surface area contributed by atoms with Crippen molar-refractivity contribution in [3.05, 3.63) is 29.8 Å². The zero-order valence-corrected chi connectivity index (χ0v) is 12.2. The first kappa shape index (κ1) is 14.4. The molecule has 1 saturated carbocycles. The highest BCUT2D eigenvalue weighted by Crippen LogP contribution is 2.23. The maximum atomic E-state index is 9.29. The van der Waals surface area contributed by atoms with Gasteiger partial charge in [0.1, 0.15) is 5.75 Å². The minimum Gasteiger partial charge on any atom is -0.508 e. The van der Waals surface area contributed by atoms with Gasteiger partial charge in [0.25, 0.3) is 0 Å². The molecule has 0 aliphatic heterocycles. The average Bonchev–Trinajstić information content (AvgIpc) is 2.57. The van der Waals surface area contributed by atoms with Crippen molar-refractivity contribution in [3.8, 4) is 5.75 Å². The van der Waals surface area contributed by atoms with Crippen LogP contribution in [0.15, 0.2) is 24.3 Å². The predicted octanol–water partition coefficient (Wildman–Crippen LogP) is 3.88. The first-order valence-electron chi connectivity index (χ1n) is 7.67. The zero-order chi connectivity index (χ0) is 13.7. The van der Waals surface area contributed by atoms with Crippen LogP contribution in [0.2, 0.25) is 0 Å². The van der Waals surface area contributed by atoms with Gasteiger partial charge in [0.15, 0.2) is 0 Å². The highest BCUT2D eigenvalue weighted by Gasteiger charge is 2.17. The lowest BCUT2D eigenvalue weighted by Gasteiger charge is -2.22. The topological polar surface area (TPSA) is 32.3 Å². The van der Waals surface area contributed by atoms with E-state index in [0.717, 1.165) is 12.3 Å². The Morgan fingerprint density at radius 2 is 1.89 bits per heavy atom. The Morgan fingerprint density at radius 1 is 1.16 bits per heavy atom. The largest absolute Gasteiger partial charge is 0.508 e. The molecule has 1 fully saturated rings. The van der Waals surface area contributed by atoms with E-state index in [9.17, 15) is 5.11 Å². The molecule has 0 radical (unpaired) electrons. The SMILES string of the molecule is CC1CCCC(NC(C)Cc2ccc(O)cc2)CC1. The van der Waals surface area contributed by atoms with Crippen LogP contribution in [0.4, 0.5) is 0 Å². The summed E-state index contributed by atoms with van der Waals surface area (Å²) in [6.45, 7) is 4.64. The fourth-order valence-corrected chi connectivity index (χ4v) is 3.10. The van der Waals surface area contributed by atoms with Crippen LogP contribution in [0.25, 0.3) is 0 Å². The summed E-state index contributed by atoms with van der Waals surface area (Å²) in [6.07, 6.45) is 7.80. The monoisotopic (exact) mass is 261 g/mol. The average molecular weight is 261 g/mol. The van der Waals surface area contributed by atoms with Crippen LogP contribution >= 0.6 is 0 Å². The van der Waals surface area contributed by atoms with E-state index in [1.165, 1.54) is 37.7 Å². The van der Waals surface area contributed by atoms with Crippen LogP contribution in [0.1, 0.15) is 51.5 Å². The Morgan fingerprint density at radius 3 is 2.63 bits per heavy atom. The van der Waals surface area contributed by atoms with Gasteiger partial charge in [-0.2, -0.15) is 0 Å². The second-order valence-corrected chi connectivity index (χ2v) is 6.25. The number of phenolic OH excluding ortho intramolecular Hbond substituents is 1. The summed E-state index contributed by atoms with van der Waals surface area (Å²) in [7, 11) is 0. The van der Waals surface area contributed by atoms with Crippen molar-refractivity contribution in [2.45, 2.75) is 64.5 Å². The molecule has 0 spiro atoms. The molecule has 1 aromatic rings. The molecular weight excluding hydrogens is 234 g/mol. The molecule has 3 unspecified atom stereocenters. The first-order valence-corrected chi connectivity index (χ1v) is 7.67. The molecule has 2 heteroatoms. The Balaban J connectivity index is 1.80. The predicted molar refractivity (Wildman–Crippen MR) is 80.4 cm³/mol. The number of benzene rings is 1. The van der Waals surface area contributed by atoms with Gasteiger partial charge in [0.05, 0.1) is 0 Å². The third-order valence-corrected chi connectivity index (χ3v) is 4.26. The molecular formula is C17H27NO. The van der Waals surface area contributed by atoms with Gasteiger partial charge in [-0.1, -0.05) is 31.9 Å². The zero-order valence-electron chi connectivity index (χ0n) is 12.2. The number of phenols is 1. The fraction of sp³-hybridized carbons (Fsp3) is 0.647. The summed E-state index contributed by atoms with van der Waals surface area (Å²) < 4.78 is 0. The van der Waals surface area contributed by atoms with Gasteiger partial charge in [-0.15, -0.1) is 0 Å². The summed E-state index contributed by atoms with van der Waals surface area (Å²) in [6, 6.07) is 8.77. The Labute approximate surface area is 117 Å². The Hall–Kier alpha value is -1.02. The van der Waals surface area contributed by atoms with E-state index in [4.69, 9.17) is 0 Å². The normalized spacial score (nSPS) is 25.8. The van der Waals surface area contributed by atoms with Crippen molar-refractivity contribution < 1.29 is 5.11 Å². The summed E-state index contributed by atoms with van der Waals surface area (Å²) >= 11 is 0. The molecule has 2 N–H and O–H groups in total. The molecule has 19 heavy (non-hydrogen) atoms. The summed E-state index contributed by atoms with van der Waals surface area (Å²) in [5.74, 6) is 1.25. The van der Waals surface area contributed by atoms with Crippen molar-refractivity contribution in [1.29, 1.82) is 0 Å². The molecule has 0 bridgehead atoms. The van der Waals surface area contributed by atoms with Crippen molar-refractivity contribution in [2.24, 2.45) is 5.92 Å². The summed E-state index contributed by atoms with van der Waals surface area (Å²) in [4.78, 5) is 0. The Bertz CT molecular complexity index is 373. The molecule has 2 nitrogen and oxygen atoms in total. The summed E-state index contributed by atoms with van der Waals surface area (Å²) in [5, 5.41) is 13.1. The molecule has 0 aromatic heterocycles. The van der Waals surface area contributed by atoms with Crippen molar-refractivity contribution in [2.75, 3.05) is 0 Å². The van der Waals surface area contributed by atoms with Crippen LogP contribution in [0, 0.1) is 5.92 Å². The van der Waals surface area contributed by atoms with Crippen molar-refractivity contribution in [1.82, 2.24) is 5.32 Å². The van der Waals surface area contributed by atoms with Gasteiger partial charge < -0.3 is 10.4 Å². The molecule has 1 aliphatic carbocycles. The van der Waals surface area contributed by atoms with E-state index >= 15 is 0 Å². The summed E-state index contributed by atoms with van der Waals surface area (Å²) in [5.41, 5.74) is 1.29. The lowest BCUT2D eigenvalue weighted by Crippen LogP contribution is -2.37. The molecule has 0 amide bonds. The maximum absolute atomic E-state index is 9.29. The molecule has 1 aliphatic rings. The molecule has 3 atom stereocenters. The van der Waals surface area contributed by atoms with Gasteiger partial charge in [-0.05, 0) is 56.2 Å². The van der Waals surface area contributed by atoms with E-state index in [1.54, 1.807) is 12.1 Å². The number of rotatable bonds is 4. The van der Waals surface area contributed by atoms with Gasteiger partial charge in [-0.25, -0.2) is 0 Å². The van der Waals surface area contributed by atoms with Gasteiger partial charge >= 0.3 is 0 Å². The number of nitrogens with one attached hydrogen (secondary N) is 1. The molecule has 0 heterocycles. The third-order valence-electron chi connectivity index (χ3n) is 4.26. The highest BCUT2D eigenvalue weighted by molar-refractivity contribution is 5.26. The van der Waals surface area contributed by atoms with Crippen molar-refractivity contribution >= 4 is 0 Å². The fourth-order valence-electron chi connectivity index (χ4n) is 3.10. The first-order chi connectivity index (χ1) is 9.13. The quantitative estimate of drug-likeness (QED) is 0.806. The van der Waals surface area contributed by atoms with Crippen LogP contribution in [-0.2, 0) is 6.42 Å². The number of hydrogen-bond acceptors (Lipinski definition) is 2. The van der Waals surface area contributed by atoms with Crippen LogP contribution < -0.4 is 5.32 Å². The minimum absolute atomic E-state index is 0.349. The van der Waals surface area contributed by atoms with E-state index in [1.807, 2.05) is 12.1 Å². The molecule has 1 aromatic carbocycles. The van der Waals surface area contributed by atoms with Crippen molar-refractivity contribution in [3.63, 3.8) is 0 Å². The van der Waals surface area contributed by atoms with Gasteiger partial charge in [-0.3, -0.25) is 0 Å². The number of aromatic hydroxyl groups is 1. The van der Waals surface area contributed by atoms with Crippen LogP contribution in [0.5, 0.6) is 5.75 Å². The Kier molecular flexibility index (Phi) is 5.26. The molecule has 2 rings (SSSR count). The molecule has 0 saturated heterocycles. The van der Waals surface area contributed by atoms with Crippen LogP contribution in [-0.4, -0.2) is 17.2 Å². The lowest BCUT2D eigenvalue weighted by atomic mass is 10.0. The van der Waals surface area contributed by atoms with Gasteiger partial charge in [0.2, 0.25) is 0 Å². The van der Waals surface area contributed by atoms with E-state index in [-0.39, 0.29) is 0 Å². The van der Waals surface area contributed by atoms with E-state index in [2.05, 4.69) is 19.2 Å². The van der Waals surface area contributed by atoms with Crippen LogP contribution in [0.3, 0.4) is 0 Å². The van der Waals surface area contributed by atoms with Gasteiger partial charge in [0, 0.05) is 12.1 Å². The second kappa shape index (κ2) is 6.95. The lowest BCUT2D eigenvalue weighted by molar-refractivity contribution is 0.400. The minimum atomic E-state index is 0.349. The highest BCUT2D eigenvalue weighted by atomic mass is 16.3. The second-order valence-electron chi connectivity index (χ2n) is 6.25. The molecule has 106 valence electrons. The van der Waals surface area contributed by atoms with E-state index in [0.29, 0.717) is 17.8 Å². The van der Waals surface area contributed by atoms with E-state index < -0.39 is 0 Å². The number of hydrogen-bond donors (Lipinski definition) is 2. The smallest absolute Gasteiger partial charge is 0.115 e. The standard InChI is InChI=1S/C17H27NO/c1-13-4-3-5-16(9-6-13)18-14(2)12-15-7-10-17(19)11-8-15/h7-8,10-11,13-14,16,18-19H,3-6,9,12H2,1-2H3. The maximum Gasteiger partial charge on any atom is 0.115 e.